The van der Waals surface area contributed by atoms with Gasteiger partial charge in [0.05, 0.1) is 0 Å². The Kier molecular flexibility index (Phi) is 121. The normalized spacial score (nSPS) is 0. The van der Waals surface area contributed by atoms with Gasteiger partial charge in [-0.2, -0.15) is 0 Å². The number of hydrogen-bond donors (Lipinski definition) is 0. The molecule has 0 bridgehead atoms. The second-order valence-electron chi connectivity index (χ2n) is 0. The van der Waals surface area contributed by atoms with E-state index in [1.54, 1.807) is 0 Å². The fourth-order valence-corrected chi connectivity index (χ4v) is 0. The minimum absolute atomic E-state index is 0. The van der Waals surface area contributed by atoms with Crippen molar-refractivity contribution in [2.75, 3.05) is 0 Å². The van der Waals surface area contributed by atoms with E-state index in [0.29, 0.717) is 0 Å². The molecule has 0 aromatic rings. The Balaban J connectivity index is 0. The molecule has 0 aliphatic carbocycles. The first-order chi connectivity index (χ1) is 0. The van der Waals surface area contributed by atoms with Crippen LogP contribution in [0.5, 0.6) is 0 Å². The van der Waals surface area contributed by atoms with Crippen molar-refractivity contribution in [3.8, 4) is 0 Å². The van der Waals surface area contributed by atoms with Crippen LogP contribution in [0.2, 0.25) is 0 Å². The third-order valence-corrected chi connectivity index (χ3v) is 0. The van der Waals surface area contributed by atoms with E-state index in [1.807, 2.05) is 0 Å². The van der Waals surface area contributed by atoms with Gasteiger partial charge < -0.3 is 0 Å². The van der Waals surface area contributed by atoms with Crippen molar-refractivity contribution in [1.29, 1.82) is 0 Å². The SMILES string of the molecule is [Mg].[Pt].[Sn].[Zn]. The molecule has 0 rings (SSSR count). The molecular weight excluding hydrogens is 403 g/mol. The summed E-state index contributed by atoms with van der Waals surface area (Å²) in [5, 5.41) is 0. The van der Waals surface area contributed by atoms with Crippen LogP contribution in [0.1, 0.15) is 0 Å². The Morgan fingerprint density at radius 1 is 1.00 bits per heavy atom. The van der Waals surface area contributed by atoms with Crippen LogP contribution in [0.25, 0.3) is 0 Å². The van der Waals surface area contributed by atoms with E-state index in [9.17, 15) is 0 Å². The van der Waals surface area contributed by atoms with Crippen LogP contribution in [0.15, 0.2) is 0 Å². The van der Waals surface area contributed by atoms with Crippen molar-refractivity contribution in [3.63, 3.8) is 0 Å². The molecule has 0 aliphatic rings. The summed E-state index contributed by atoms with van der Waals surface area (Å²) in [4.78, 5) is 0. The molecule has 0 N–H and O–H groups in total. The Hall–Kier alpha value is 2.88. The van der Waals surface area contributed by atoms with E-state index in [1.165, 1.54) is 0 Å². The van der Waals surface area contributed by atoms with E-state index in [-0.39, 0.29) is 87.5 Å². The monoisotopic (exact) mass is 403 g/mol. The van der Waals surface area contributed by atoms with Crippen molar-refractivity contribution in [2.45, 2.75) is 0 Å². The van der Waals surface area contributed by atoms with Gasteiger partial charge in [0.1, 0.15) is 0 Å². The van der Waals surface area contributed by atoms with Gasteiger partial charge in [-0.1, -0.05) is 0 Å². The Morgan fingerprint density at radius 3 is 1.00 bits per heavy atom. The van der Waals surface area contributed by atoms with Crippen LogP contribution in [0, 0.1) is 0 Å². The maximum Gasteiger partial charge on any atom is 0 e. The first-order valence-electron chi connectivity index (χ1n) is 0. The number of rotatable bonds is 0. The maximum absolute atomic E-state index is 0. The summed E-state index contributed by atoms with van der Waals surface area (Å²) < 4.78 is 0. The Bertz CT molecular complexity index is 8.00. The molecule has 0 nitrogen and oxygen atoms in total. The summed E-state index contributed by atoms with van der Waals surface area (Å²) in [7, 11) is 0. The third-order valence-electron chi connectivity index (χ3n) is 0. The second-order valence-corrected chi connectivity index (χ2v) is 0. The van der Waals surface area contributed by atoms with Gasteiger partial charge in [-0.15, -0.1) is 0 Å². The molecular formula is MgPtSnZn. The summed E-state index contributed by atoms with van der Waals surface area (Å²) in [6, 6.07) is 0. The van der Waals surface area contributed by atoms with E-state index < -0.39 is 0 Å². The summed E-state index contributed by atoms with van der Waals surface area (Å²) in [5.74, 6) is 0. The van der Waals surface area contributed by atoms with Crippen molar-refractivity contribution < 1.29 is 40.5 Å². The standard InChI is InChI=1S/Mg.Pt.Sn.Zn. The zero-order valence-corrected chi connectivity index (χ0v) is 11.7. The van der Waals surface area contributed by atoms with Gasteiger partial charge in [0, 0.05) is 87.5 Å². The van der Waals surface area contributed by atoms with Crippen molar-refractivity contribution in [1.82, 2.24) is 0 Å². The van der Waals surface area contributed by atoms with Crippen molar-refractivity contribution in [3.05, 3.63) is 0 Å². The van der Waals surface area contributed by atoms with Gasteiger partial charge in [0.25, 0.3) is 0 Å². The molecule has 4 heteroatoms. The Morgan fingerprint density at radius 2 is 1.00 bits per heavy atom. The molecule has 0 aliphatic heterocycles. The zero-order valence-electron chi connectivity index (χ0n) is 2.23. The molecule has 0 saturated carbocycles. The van der Waals surface area contributed by atoms with Gasteiger partial charge in [-0.3, -0.25) is 0 Å². The summed E-state index contributed by atoms with van der Waals surface area (Å²) >= 11 is 0. The van der Waals surface area contributed by atoms with Crippen molar-refractivity contribution >= 4 is 47.0 Å². The molecule has 0 aromatic heterocycles. The zero-order chi connectivity index (χ0) is 0. The summed E-state index contributed by atoms with van der Waals surface area (Å²) in [6.45, 7) is 0. The van der Waals surface area contributed by atoms with E-state index >= 15 is 0 Å². The fourth-order valence-electron chi connectivity index (χ4n) is 0. The molecule has 0 unspecified atom stereocenters. The molecule has 0 amide bonds. The van der Waals surface area contributed by atoms with Crippen LogP contribution in [0.3, 0.4) is 0 Å². The molecule has 0 fully saturated rings. The predicted molar refractivity (Wildman–Crippen MR) is 11.5 cm³/mol. The average molecular weight is 403 g/mol. The van der Waals surface area contributed by atoms with Gasteiger partial charge in [0.15, 0.2) is 0 Å². The molecule has 4 heavy (non-hydrogen) atoms. The second kappa shape index (κ2) is 16.9. The van der Waals surface area contributed by atoms with Crippen LogP contribution in [-0.4, -0.2) is 47.0 Å². The maximum atomic E-state index is 0. The Labute approximate surface area is 86.0 Å². The third kappa shape index (κ3) is 8.86. The predicted octanol–water partition coefficient (Wildman–Crippen LogP) is -0.767. The van der Waals surface area contributed by atoms with Gasteiger partial charge in [-0.05, 0) is 0 Å². The molecule has 18 valence electrons. The molecule has 0 atom stereocenters. The first kappa shape index (κ1) is 28.7. The molecule has 0 heterocycles. The first-order valence-corrected chi connectivity index (χ1v) is 0. The molecule has 6 radical (unpaired) electrons. The molecule has 0 saturated heterocycles. The smallest absolute Gasteiger partial charge is 0 e. The van der Waals surface area contributed by atoms with Gasteiger partial charge in [0.2, 0.25) is 0 Å². The largest absolute Gasteiger partial charge is 0 e. The fraction of sp³-hybridized carbons (Fsp3) is 0. The van der Waals surface area contributed by atoms with E-state index in [4.69, 9.17) is 0 Å². The molecule has 0 aromatic carbocycles. The van der Waals surface area contributed by atoms with E-state index in [2.05, 4.69) is 0 Å². The van der Waals surface area contributed by atoms with Crippen molar-refractivity contribution in [2.24, 2.45) is 0 Å². The van der Waals surface area contributed by atoms with Crippen LogP contribution in [-0.2, 0) is 40.5 Å². The van der Waals surface area contributed by atoms with Gasteiger partial charge >= 0.3 is 0 Å². The van der Waals surface area contributed by atoms with Crippen LogP contribution < -0.4 is 0 Å². The average Bonchev–Trinajstić information content (AvgIpc) is 0. The number of hydrogen-bond acceptors (Lipinski definition) is 0. The minimum Gasteiger partial charge on any atom is 0 e. The summed E-state index contributed by atoms with van der Waals surface area (Å²) in [6.07, 6.45) is 0. The van der Waals surface area contributed by atoms with Gasteiger partial charge in [-0.25, -0.2) is 0 Å². The molecule has 0 spiro atoms. The topological polar surface area (TPSA) is 0 Å². The van der Waals surface area contributed by atoms with Crippen LogP contribution >= 0.6 is 0 Å². The summed E-state index contributed by atoms with van der Waals surface area (Å²) in [5.41, 5.74) is 0. The van der Waals surface area contributed by atoms with Crippen LogP contribution in [0.4, 0.5) is 0 Å². The minimum atomic E-state index is 0. The van der Waals surface area contributed by atoms with E-state index in [0.717, 1.165) is 0 Å². The quantitative estimate of drug-likeness (QED) is 0.467.